The molecule has 28 heavy (non-hydrogen) atoms. The van der Waals surface area contributed by atoms with Crippen molar-refractivity contribution in [2.75, 3.05) is 45.9 Å². The molecule has 5 rings (SSSR count). The summed E-state index contributed by atoms with van der Waals surface area (Å²) < 4.78 is 19.9. The molecule has 2 aromatic carbocycles. The number of rotatable bonds is 4. The van der Waals surface area contributed by atoms with Gasteiger partial charge >= 0.3 is 0 Å². The van der Waals surface area contributed by atoms with Gasteiger partial charge in [-0.05, 0) is 11.6 Å². The Bertz CT molecular complexity index is 809. The maximum atomic E-state index is 14.1. The number of nitrogens with zero attached hydrogens (tertiary/aromatic N) is 3. The Morgan fingerprint density at radius 2 is 1.68 bits per heavy atom. The third-order valence-corrected chi connectivity index (χ3v) is 6.46. The van der Waals surface area contributed by atoms with Crippen molar-refractivity contribution in [2.45, 2.75) is 24.7 Å². The van der Waals surface area contributed by atoms with Gasteiger partial charge in [-0.25, -0.2) is 4.39 Å². The van der Waals surface area contributed by atoms with Crippen molar-refractivity contribution < 1.29 is 9.13 Å². The Balaban J connectivity index is 1.30. The maximum absolute atomic E-state index is 14.1. The van der Waals surface area contributed by atoms with Gasteiger partial charge in [0.15, 0.2) is 0 Å². The summed E-state index contributed by atoms with van der Waals surface area (Å²) >= 11 is 0. The third kappa shape index (κ3) is 3.48. The predicted molar refractivity (Wildman–Crippen MR) is 107 cm³/mol. The first-order valence-corrected chi connectivity index (χ1v) is 10.3. The fourth-order valence-corrected chi connectivity index (χ4v) is 5.31. The van der Waals surface area contributed by atoms with Gasteiger partial charge in [0.1, 0.15) is 5.82 Å². The van der Waals surface area contributed by atoms with Crippen LogP contribution in [0.1, 0.15) is 11.1 Å². The Morgan fingerprint density at radius 1 is 0.929 bits per heavy atom. The molecule has 1 atom stereocenters. The molecule has 1 unspecified atom stereocenters. The molecule has 3 heterocycles. The second-order valence-corrected chi connectivity index (χ2v) is 8.54. The number of hydrogen-bond donors (Lipinski definition) is 0. The minimum absolute atomic E-state index is 0.0953. The van der Waals surface area contributed by atoms with Crippen LogP contribution < -0.4 is 0 Å². The van der Waals surface area contributed by atoms with Crippen LogP contribution >= 0.6 is 0 Å². The van der Waals surface area contributed by atoms with Gasteiger partial charge < -0.3 is 4.74 Å². The number of ether oxygens (including phenoxy) is 1. The Kier molecular flexibility index (Phi) is 4.93. The second-order valence-electron chi connectivity index (χ2n) is 8.54. The zero-order valence-corrected chi connectivity index (χ0v) is 16.3. The number of morpholine rings is 1. The van der Waals surface area contributed by atoms with Crippen LogP contribution in [0.2, 0.25) is 0 Å². The van der Waals surface area contributed by atoms with Crippen molar-refractivity contribution in [3.63, 3.8) is 0 Å². The number of benzene rings is 2. The molecule has 5 heteroatoms. The minimum Gasteiger partial charge on any atom is -0.378 e. The Hall–Kier alpha value is -1.79. The summed E-state index contributed by atoms with van der Waals surface area (Å²) in [5.74, 6) is -0.0953. The van der Waals surface area contributed by atoms with Gasteiger partial charge in [0, 0.05) is 57.4 Å². The lowest BCUT2D eigenvalue weighted by molar-refractivity contribution is -0.168. The summed E-state index contributed by atoms with van der Waals surface area (Å²) in [6, 6.07) is 18.3. The summed E-state index contributed by atoms with van der Waals surface area (Å²) in [6.07, 6.45) is 0. The van der Waals surface area contributed by atoms with E-state index in [0.717, 1.165) is 58.0 Å². The van der Waals surface area contributed by atoms with E-state index in [-0.39, 0.29) is 11.4 Å². The highest BCUT2D eigenvalue weighted by molar-refractivity contribution is 5.20. The highest BCUT2D eigenvalue weighted by atomic mass is 19.1. The van der Waals surface area contributed by atoms with Crippen molar-refractivity contribution in [1.82, 2.24) is 14.7 Å². The van der Waals surface area contributed by atoms with E-state index in [1.807, 2.05) is 12.1 Å². The van der Waals surface area contributed by atoms with Crippen LogP contribution in [-0.2, 0) is 17.8 Å². The molecule has 0 N–H and O–H groups in total. The molecule has 3 aliphatic heterocycles. The van der Waals surface area contributed by atoms with Crippen molar-refractivity contribution in [3.05, 3.63) is 71.5 Å². The smallest absolute Gasteiger partial charge is 0.127 e. The molecule has 3 aliphatic rings. The normalized spacial score (nSPS) is 25.4. The average molecular weight is 381 g/mol. The fourth-order valence-electron chi connectivity index (χ4n) is 5.31. The lowest BCUT2D eigenvalue weighted by atomic mass is 9.82. The van der Waals surface area contributed by atoms with Crippen molar-refractivity contribution in [2.24, 2.45) is 0 Å². The number of halogens is 1. The van der Waals surface area contributed by atoms with Gasteiger partial charge in [-0.2, -0.15) is 0 Å². The van der Waals surface area contributed by atoms with Gasteiger partial charge in [0.05, 0.1) is 18.8 Å². The van der Waals surface area contributed by atoms with Crippen LogP contribution in [0.5, 0.6) is 0 Å². The van der Waals surface area contributed by atoms with Crippen LogP contribution in [0.4, 0.5) is 4.39 Å². The highest BCUT2D eigenvalue weighted by Gasteiger charge is 2.53. The molecule has 3 fully saturated rings. The maximum Gasteiger partial charge on any atom is 0.127 e. The SMILES string of the molecule is Fc1ccccc1CN1CC2(CN(Cc3ccccc3)CC3COCCN32)C1. The first kappa shape index (κ1) is 18.3. The van der Waals surface area contributed by atoms with Crippen molar-refractivity contribution in [3.8, 4) is 0 Å². The molecular weight excluding hydrogens is 353 g/mol. The average Bonchev–Trinajstić information content (AvgIpc) is 2.69. The molecule has 148 valence electrons. The molecule has 0 amide bonds. The van der Waals surface area contributed by atoms with Gasteiger partial charge in [0.2, 0.25) is 0 Å². The Labute approximate surface area is 166 Å². The first-order chi connectivity index (χ1) is 13.7. The third-order valence-electron chi connectivity index (χ3n) is 6.46. The molecule has 3 saturated heterocycles. The quantitative estimate of drug-likeness (QED) is 0.810. The molecule has 0 radical (unpaired) electrons. The second kappa shape index (κ2) is 7.56. The summed E-state index contributed by atoms with van der Waals surface area (Å²) in [5, 5.41) is 0. The monoisotopic (exact) mass is 381 g/mol. The van der Waals surface area contributed by atoms with E-state index in [1.54, 1.807) is 12.1 Å². The summed E-state index contributed by atoms with van der Waals surface area (Å²) in [4.78, 5) is 7.67. The fraction of sp³-hybridized carbons (Fsp3) is 0.478. The van der Waals surface area contributed by atoms with Gasteiger partial charge in [-0.1, -0.05) is 48.5 Å². The summed E-state index contributed by atoms with van der Waals surface area (Å²) in [7, 11) is 0. The summed E-state index contributed by atoms with van der Waals surface area (Å²) in [6.45, 7) is 8.48. The molecule has 2 aromatic rings. The number of hydrogen-bond acceptors (Lipinski definition) is 4. The summed E-state index contributed by atoms with van der Waals surface area (Å²) in [5.41, 5.74) is 2.34. The van der Waals surface area contributed by atoms with Crippen molar-refractivity contribution >= 4 is 0 Å². The van der Waals surface area contributed by atoms with Gasteiger partial charge in [0.25, 0.3) is 0 Å². The molecule has 0 aliphatic carbocycles. The number of likely N-dealkylation sites (tertiary alicyclic amines) is 1. The van der Waals surface area contributed by atoms with Gasteiger partial charge in [-0.15, -0.1) is 0 Å². The van der Waals surface area contributed by atoms with Gasteiger partial charge in [-0.3, -0.25) is 14.7 Å². The van der Waals surface area contributed by atoms with Crippen LogP contribution in [0, 0.1) is 5.82 Å². The molecule has 0 aromatic heterocycles. The zero-order chi connectivity index (χ0) is 19.0. The van der Waals surface area contributed by atoms with Crippen molar-refractivity contribution in [1.29, 1.82) is 0 Å². The van der Waals surface area contributed by atoms with Crippen LogP contribution in [0.25, 0.3) is 0 Å². The lowest BCUT2D eigenvalue weighted by Crippen LogP contribution is -2.80. The molecule has 4 nitrogen and oxygen atoms in total. The molecule has 1 spiro atoms. The van der Waals surface area contributed by atoms with E-state index in [4.69, 9.17) is 4.74 Å². The molecule has 0 saturated carbocycles. The van der Waals surface area contributed by atoms with E-state index in [2.05, 4.69) is 45.0 Å². The largest absolute Gasteiger partial charge is 0.378 e. The molecule has 0 bridgehead atoms. The predicted octanol–water partition coefficient (Wildman–Crippen LogP) is 2.60. The topological polar surface area (TPSA) is 19.0 Å². The first-order valence-electron chi connectivity index (χ1n) is 10.3. The van der Waals surface area contributed by atoms with E-state index in [0.29, 0.717) is 12.6 Å². The van der Waals surface area contributed by atoms with E-state index < -0.39 is 0 Å². The van der Waals surface area contributed by atoms with E-state index in [9.17, 15) is 4.39 Å². The van der Waals surface area contributed by atoms with Crippen LogP contribution in [0.3, 0.4) is 0 Å². The van der Waals surface area contributed by atoms with Crippen LogP contribution in [0.15, 0.2) is 54.6 Å². The lowest BCUT2D eigenvalue weighted by Gasteiger charge is -2.63. The zero-order valence-electron chi connectivity index (χ0n) is 16.3. The van der Waals surface area contributed by atoms with Crippen LogP contribution in [-0.4, -0.2) is 72.2 Å². The molecular formula is C23H28FN3O. The highest BCUT2D eigenvalue weighted by Crippen LogP contribution is 2.37. The van der Waals surface area contributed by atoms with E-state index >= 15 is 0 Å². The van der Waals surface area contributed by atoms with E-state index in [1.165, 1.54) is 5.56 Å². The minimum atomic E-state index is -0.0953. The number of fused-ring (bicyclic) bond motifs is 2. The number of piperazine rings is 1. The Morgan fingerprint density at radius 3 is 2.50 bits per heavy atom. The standard InChI is InChI=1S/C23H28FN3O/c24-22-9-5-4-8-20(22)13-26-17-23(18-26)16-25(12-19-6-2-1-3-7-19)14-21-15-28-11-10-27(21)23/h1-9,21H,10-18H2.